The quantitative estimate of drug-likeness (QED) is 0.0532. The highest BCUT2D eigenvalue weighted by atomic mass is 16.7. The first kappa shape index (κ1) is 58.1. The standard InChI is InChI=1S/C54H72N4O19/c1-63-39-10-8-38(9-11-39)57-35-42-51(50(37-31-45(64-2)53(66-4)46(32-37)65-3)40-33-43-44(76-36-75-43)34-41(40)52(42)56-57)54(62)55-14-16-68-18-20-70-22-24-72-26-28-74-30-29-73-27-25-71-23-21-69-19-17-67-15-6-5-7-49(61)77-58-47(59)12-13-48(58)60/h8-13,31-34,42,50-51,59-60H,5-7,14-30,35-36H2,1-4H3,(H,55,62)/t42-,50+,51-/m0/s1. The third kappa shape index (κ3) is 16.5. The maximum atomic E-state index is 14.7. The van der Waals surface area contributed by atoms with Gasteiger partial charge in [-0.2, -0.15) is 5.10 Å². The van der Waals surface area contributed by atoms with E-state index in [0.717, 1.165) is 33.8 Å². The Kier molecular flexibility index (Phi) is 23.4. The van der Waals surface area contributed by atoms with Gasteiger partial charge >= 0.3 is 5.97 Å². The van der Waals surface area contributed by atoms with Crippen LogP contribution in [0.15, 0.2) is 65.8 Å². The van der Waals surface area contributed by atoms with Gasteiger partial charge in [-0.15, -0.1) is 4.73 Å². The predicted molar refractivity (Wildman–Crippen MR) is 277 cm³/mol. The van der Waals surface area contributed by atoms with Gasteiger partial charge in [0.15, 0.2) is 23.0 Å². The van der Waals surface area contributed by atoms with Gasteiger partial charge in [-0.05, 0) is 72.5 Å². The summed E-state index contributed by atoms with van der Waals surface area (Å²) in [6.45, 7) is 7.34. The number of anilines is 1. The van der Waals surface area contributed by atoms with E-state index in [0.29, 0.717) is 152 Å². The van der Waals surface area contributed by atoms with E-state index >= 15 is 0 Å². The number of benzene rings is 3. The van der Waals surface area contributed by atoms with Crippen molar-refractivity contribution in [1.29, 1.82) is 0 Å². The molecule has 3 aromatic carbocycles. The van der Waals surface area contributed by atoms with Gasteiger partial charge in [-0.1, -0.05) is 0 Å². The van der Waals surface area contributed by atoms with Crippen molar-refractivity contribution in [2.24, 2.45) is 16.9 Å². The Labute approximate surface area is 447 Å². The number of rotatable bonds is 37. The van der Waals surface area contributed by atoms with Crippen molar-refractivity contribution in [1.82, 2.24) is 10.0 Å². The minimum absolute atomic E-state index is 0.0887. The molecule has 1 aromatic heterocycles. The molecular formula is C54H72N4O19. The molecule has 4 aromatic rings. The number of carbonyl (C=O) groups is 2. The topological polar surface area (TPSA) is 246 Å². The first-order valence-electron chi connectivity index (χ1n) is 25.7. The van der Waals surface area contributed by atoms with Crippen molar-refractivity contribution >= 4 is 23.3 Å². The fraction of sp³-hybridized carbons (Fsp3) is 0.537. The molecule has 0 fully saturated rings. The number of unbranched alkanes of at least 4 members (excludes halogenated alkanes) is 1. The van der Waals surface area contributed by atoms with Gasteiger partial charge in [0.1, 0.15) is 5.75 Å². The molecule has 3 heterocycles. The van der Waals surface area contributed by atoms with E-state index in [4.69, 9.17) is 76.3 Å². The molecule has 23 heteroatoms. The summed E-state index contributed by atoms with van der Waals surface area (Å²) >= 11 is 0. The van der Waals surface area contributed by atoms with Crippen LogP contribution in [0.2, 0.25) is 0 Å². The average molecular weight is 1080 g/mol. The summed E-state index contributed by atoms with van der Waals surface area (Å²) in [6, 6.07) is 17.8. The van der Waals surface area contributed by atoms with Crippen molar-refractivity contribution in [3.63, 3.8) is 0 Å². The fourth-order valence-corrected chi connectivity index (χ4v) is 8.96. The lowest BCUT2D eigenvalue weighted by Crippen LogP contribution is -2.46. The minimum Gasteiger partial charge on any atom is -0.497 e. The summed E-state index contributed by atoms with van der Waals surface area (Å²) < 4.78 is 79.9. The average Bonchev–Trinajstić information content (AvgIpc) is 4.34. The summed E-state index contributed by atoms with van der Waals surface area (Å²) in [7, 11) is 6.32. The largest absolute Gasteiger partial charge is 0.497 e. The minimum atomic E-state index is -0.621. The Hall–Kier alpha value is -6.57. The lowest BCUT2D eigenvalue weighted by Gasteiger charge is -2.38. The van der Waals surface area contributed by atoms with E-state index in [2.05, 4.69) is 5.32 Å². The Balaban J connectivity index is 0.729. The summed E-state index contributed by atoms with van der Waals surface area (Å²) in [5.41, 5.74) is 4.16. The maximum Gasteiger partial charge on any atom is 0.333 e. The van der Waals surface area contributed by atoms with Gasteiger partial charge in [0.25, 0.3) is 0 Å². The number of carbonyl (C=O) groups excluding carboxylic acids is 2. The lowest BCUT2D eigenvalue weighted by atomic mass is 9.65. The molecule has 77 heavy (non-hydrogen) atoms. The molecule has 3 atom stereocenters. The normalized spacial score (nSPS) is 16.2. The van der Waals surface area contributed by atoms with Gasteiger partial charge in [0, 0.05) is 49.1 Å². The lowest BCUT2D eigenvalue weighted by molar-refractivity contribution is -0.145. The molecule has 422 valence electrons. The van der Waals surface area contributed by atoms with Crippen LogP contribution in [0.3, 0.4) is 0 Å². The number of nitrogens with zero attached hydrogens (tertiary/aromatic N) is 3. The zero-order chi connectivity index (χ0) is 54.2. The first-order valence-corrected chi connectivity index (χ1v) is 25.7. The molecule has 2 aliphatic heterocycles. The van der Waals surface area contributed by atoms with Gasteiger partial charge in [-0.25, -0.2) is 4.79 Å². The summed E-state index contributed by atoms with van der Waals surface area (Å²) in [4.78, 5) is 31.5. The van der Waals surface area contributed by atoms with Crippen LogP contribution in [-0.4, -0.2) is 187 Å². The molecule has 1 amide bonds. The molecular weight excluding hydrogens is 1010 g/mol. The molecule has 0 radical (unpaired) electrons. The monoisotopic (exact) mass is 1080 g/mol. The molecule has 3 N–H and O–H groups in total. The Morgan fingerprint density at radius 2 is 1.14 bits per heavy atom. The molecule has 7 rings (SSSR count). The van der Waals surface area contributed by atoms with Crippen molar-refractivity contribution < 1.29 is 91.0 Å². The number of ether oxygens (including phenoxy) is 14. The van der Waals surface area contributed by atoms with Crippen LogP contribution >= 0.6 is 0 Å². The zero-order valence-electron chi connectivity index (χ0n) is 44.2. The highest BCUT2D eigenvalue weighted by Crippen LogP contribution is 2.52. The molecule has 0 spiro atoms. The highest BCUT2D eigenvalue weighted by molar-refractivity contribution is 6.10. The van der Waals surface area contributed by atoms with Gasteiger partial charge < -0.3 is 86.7 Å². The SMILES string of the molecule is COc1ccc(N2C[C@@H]3C(=N2)c2cc4c(cc2[C@@H](c2cc(OC)c(OC)c(OC)c2)[C@H]3C(=O)NCCOCCOCCOCCOCCOCCOCCOCCOCCCCC(=O)On2c(O)ccc2O)OCO4)cc1. The predicted octanol–water partition coefficient (Wildman–Crippen LogP) is 4.34. The van der Waals surface area contributed by atoms with Crippen molar-refractivity contribution in [3.05, 3.63) is 77.4 Å². The van der Waals surface area contributed by atoms with Crippen LogP contribution in [0.4, 0.5) is 5.69 Å². The third-order valence-corrected chi connectivity index (χ3v) is 12.7. The first-order chi connectivity index (χ1) is 37.7. The van der Waals surface area contributed by atoms with E-state index in [9.17, 15) is 19.8 Å². The van der Waals surface area contributed by atoms with Gasteiger partial charge in [-0.3, -0.25) is 9.80 Å². The summed E-state index contributed by atoms with van der Waals surface area (Å²) in [5.74, 6) is 0.442. The van der Waals surface area contributed by atoms with Gasteiger partial charge in [0.2, 0.25) is 30.2 Å². The van der Waals surface area contributed by atoms with Crippen LogP contribution in [-0.2, 0) is 47.5 Å². The number of nitrogens with one attached hydrogen (secondary N) is 1. The molecule has 0 bridgehead atoms. The van der Waals surface area contributed by atoms with Crippen LogP contribution < -0.4 is 43.6 Å². The van der Waals surface area contributed by atoms with Crippen LogP contribution in [0.1, 0.15) is 41.9 Å². The van der Waals surface area contributed by atoms with Gasteiger partial charge in [0.05, 0.1) is 151 Å². The number of fused-ring (bicyclic) bond motifs is 4. The molecule has 3 aliphatic rings. The number of aromatic nitrogens is 1. The second kappa shape index (κ2) is 31.0. The summed E-state index contributed by atoms with van der Waals surface area (Å²) in [5, 5.41) is 29.3. The van der Waals surface area contributed by atoms with Crippen LogP contribution in [0, 0.1) is 11.8 Å². The number of hydrogen-bond acceptors (Lipinski definition) is 21. The number of methoxy groups -OCH3 is 4. The number of hydrazone groups is 1. The van der Waals surface area contributed by atoms with Crippen LogP contribution in [0.25, 0.3) is 0 Å². The summed E-state index contributed by atoms with van der Waals surface area (Å²) in [6.07, 6.45) is 1.31. The van der Waals surface area contributed by atoms with E-state index in [1.807, 2.05) is 53.5 Å². The second-order valence-corrected chi connectivity index (χ2v) is 17.6. The zero-order valence-corrected chi connectivity index (χ0v) is 44.2. The third-order valence-electron chi connectivity index (χ3n) is 12.7. The smallest absolute Gasteiger partial charge is 0.333 e. The second-order valence-electron chi connectivity index (χ2n) is 17.6. The van der Waals surface area contributed by atoms with Crippen LogP contribution in [0.5, 0.6) is 46.3 Å². The molecule has 0 unspecified atom stereocenters. The number of hydrogen-bond donors (Lipinski definition) is 3. The molecule has 23 nitrogen and oxygen atoms in total. The molecule has 0 saturated heterocycles. The Bertz CT molecular complexity index is 2440. The van der Waals surface area contributed by atoms with E-state index in [-0.39, 0.29) is 50.0 Å². The fourth-order valence-electron chi connectivity index (χ4n) is 8.96. The van der Waals surface area contributed by atoms with Crippen molar-refractivity contribution in [3.8, 4) is 46.3 Å². The molecule has 0 saturated carbocycles. The number of amides is 1. The Morgan fingerprint density at radius 3 is 1.66 bits per heavy atom. The van der Waals surface area contributed by atoms with E-state index in [1.165, 1.54) is 12.1 Å². The Morgan fingerprint density at radius 1 is 0.623 bits per heavy atom. The van der Waals surface area contributed by atoms with E-state index < -0.39 is 17.8 Å². The number of aromatic hydroxyl groups is 2. The van der Waals surface area contributed by atoms with Crippen molar-refractivity contribution in [2.75, 3.05) is 159 Å². The highest BCUT2D eigenvalue weighted by Gasteiger charge is 2.50. The van der Waals surface area contributed by atoms with Crippen molar-refractivity contribution in [2.45, 2.75) is 25.2 Å². The van der Waals surface area contributed by atoms with E-state index in [1.54, 1.807) is 28.4 Å². The molecule has 1 aliphatic carbocycles. The maximum absolute atomic E-state index is 14.7.